The van der Waals surface area contributed by atoms with Crippen LogP contribution in [0.5, 0.6) is 0 Å². The highest BCUT2D eigenvalue weighted by Crippen LogP contribution is 2.58. The molecule has 0 aromatic carbocycles. The zero-order chi connectivity index (χ0) is 26.6. The summed E-state index contributed by atoms with van der Waals surface area (Å²) in [5.41, 5.74) is -2.06. The molecule has 2 saturated heterocycles. The molecule has 4 heterocycles. The van der Waals surface area contributed by atoms with E-state index in [1.165, 1.54) is 0 Å². The first-order chi connectivity index (χ1) is 17.9. The topological polar surface area (TPSA) is 90.4 Å². The number of nitrogens with zero attached hydrogens (tertiary/aromatic N) is 3. The Kier molecular flexibility index (Phi) is 8.79. The van der Waals surface area contributed by atoms with Crippen molar-refractivity contribution in [2.24, 2.45) is 11.8 Å². The highest BCUT2D eigenvalue weighted by atomic mass is 16.5. The molecule has 8 heteroatoms. The van der Waals surface area contributed by atoms with Gasteiger partial charge in [-0.15, -0.1) is 0 Å². The van der Waals surface area contributed by atoms with E-state index < -0.39 is 29.1 Å². The summed E-state index contributed by atoms with van der Waals surface area (Å²) in [5, 5.41) is 9.13. The van der Waals surface area contributed by atoms with Crippen LogP contribution in [0.4, 0.5) is 0 Å². The van der Waals surface area contributed by atoms with Crippen LogP contribution in [-0.2, 0) is 19.1 Å². The van der Waals surface area contributed by atoms with E-state index >= 15 is 0 Å². The number of carbonyl (C=O) groups is 3. The molecule has 1 N–H and O–H groups in total. The van der Waals surface area contributed by atoms with Gasteiger partial charge in [0.05, 0.1) is 17.4 Å². The summed E-state index contributed by atoms with van der Waals surface area (Å²) in [6, 6.07) is -0.769. The monoisotopic (exact) mass is 515 g/mol. The van der Waals surface area contributed by atoms with Crippen LogP contribution in [0, 0.1) is 11.8 Å². The van der Waals surface area contributed by atoms with E-state index in [1.807, 2.05) is 41.0 Å². The van der Waals surface area contributed by atoms with E-state index in [2.05, 4.69) is 13.8 Å². The first-order valence-electron chi connectivity index (χ1n) is 14.4. The molecule has 37 heavy (non-hydrogen) atoms. The minimum absolute atomic E-state index is 0.0413. The largest absolute Gasteiger partial charge is 0.396 e. The fourth-order valence-electron chi connectivity index (χ4n) is 6.87. The molecule has 0 aliphatic carbocycles. The minimum Gasteiger partial charge on any atom is -0.396 e. The lowest BCUT2D eigenvalue weighted by molar-refractivity contribution is -0.154. The number of amides is 3. The van der Waals surface area contributed by atoms with Crippen molar-refractivity contribution in [1.82, 2.24) is 14.7 Å². The Balaban J connectivity index is 1.76. The molecule has 1 unspecified atom stereocenters. The van der Waals surface area contributed by atoms with Gasteiger partial charge in [-0.2, -0.15) is 0 Å². The van der Waals surface area contributed by atoms with Gasteiger partial charge in [0.1, 0.15) is 11.6 Å². The standard InChI is InChI=1S/C29H45N3O5/c1-4-7-17-31-19-13-15-29-23(26(35)32(24(29)27(31)36)20-10-8-9-11-21-33)22-25(34)30(16-5-2)18-12-14-28(22,6-3)37-29/h12-15,22-24,33H,4-11,16-21H2,1-3H3/t22-,23+,24?,28+,29+/m1/s1. The Bertz CT molecular complexity index is 919. The third-order valence-corrected chi connectivity index (χ3v) is 8.69. The summed E-state index contributed by atoms with van der Waals surface area (Å²) >= 11 is 0. The molecule has 206 valence electrons. The number of fused-ring (bicyclic) bond motifs is 2. The van der Waals surface area contributed by atoms with Gasteiger partial charge in [0.25, 0.3) is 0 Å². The fourth-order valence-corrected chi connectivity index (χ4v) is 6.87. The number of ether oxygens (including phenoxy) is 1. The minimum atomic E-state index is -1.16. The number of rotatable bonds is 12. The summed E-state index contributed by atoms with van der Waals surface area (Å²) in [7, 11) is 0. The average Bonchev–Trinajstić information content (AvgIpc) is 3.18. The molecule has 0 radical (unpaired) electrons. The molecular weight excluding hydrogens is 470 g/mol. The van der Waals surface area contributed by atoms with Gasteiger partial charge in [0.15, 0.2) is 0 Å². The number of aliphatic hydroxyl groups excluding tert-OH is 1. The van der Waals surface area contributed by atoms with E-state index in [-0.39, 0.29) is 24.3 Å². The molecule has 4 rings (SSSR count). The normalized spacial score (nSPS) is 33.0. The van der Waals surface area contributed by atoms with Crippen LogP contribution in [0.3, 0.4) is 0 Å². The Labute approximate surface area is 221 Å². The third kappa shape index (κ3) is 4.76. The Morgan fingerprint density at radius 2 is 1.51 bits per heavy atom. The van der Waals surface area contributed by atoms with Gasteiger partial charge in [-0.3, -0.25) is 14.4 Å². The first-order valence-corrected chi connectivity index (χ1v) is 14.4. The Morgan fingerprint density at radius 3 is 2.19 bits per heavy atom. The fraction of sp³-hybridized carbons (Fsp3) is 0.759. The second-order valence-corrected chi connectivity index (χ2v) is 11.0. The van der Waals surface area contributed by atoms with Crippen LogP contribution in [-0.4, -0.2) is 94.1 Å². The molecule has 0 bridgehead atoms. The van der Waals surface area contributed by atoms with Crippen molar-refractivity contribution in [3.8, 4) is 0 Å². The quantitative estimate of drug-likeness (QED) is 0.319. The van der Waals surface area contributed by atoms with Crippen molar-refractivity contribution in [2.75, 3.05) is 39.3 Å². The van der Waals surface area contributed by atoms with Gasteiger partial charge in [-0.05, 0) is 32.1 Å². The third-order valence-electron chi connectivity index (χ3n) is 8.69. The van der Waals surface area contributed by atoms with Crippen molar-refractivity contribution in [3.63, 3.8) is 0 Å². The maximum absolute atomic E-state index is 14.3. The van der Waals surface area contributed by atoms with E-state index in [9.17, 15) is 14.4 Å². The van der Waals surface area contributed by atoms with Crippen LogP contribution in [0.15, 0.2) is 24.3 Å². The second-order valence-electron chi connectivity index (χ2n) is 11.0. The van der Waals surface area contributed by atoms with Crippen molar-refractivity contribution < 1.29 is 24.2 Å². The van der Waals surface area contributed by atoms with Gasteiger partial charge >= 0.3 is 0 Å². The van der Waals surface area contributed by atoms with E-state index in [4.69, 9.17) is 9.84 Å². The van der Waals surface area contributed by atoms with Gasteiger partial charge in [-0.1, -0.05) is 64.3 Å². The maximum atomic E-state index is 14.3. The lowest BCUT2D eigenvalue weighted by Gasteiger charge is -2.38. The summed E-state index contributed by atoms with van der Waals surface area (Å²) in [5.74, 6) is -1.63. The zero-order valence-electron chi connectivity index (χ0n) is 22.9. The lowest BCUT2D eigenvalue weighted by atomic mass is 9.73. The Morgan fingerprint density at radius 1 is 0.811 bits per heavy atom. The van der Waals surface area contributed by atoms with E-state index in [1.54, 1.807) is 4.90 Å². The molecule has 1 spiro atoms. The predicted molar refractivity (Wildman–Crippen MR) is 142 cm³/mol. The number of unbranched alkanes of at least 4 members (excludes halogenated alkanes) is 4. The number of hydrogen-bond donors (Lipinski definition) is 1. The molecule has 0 aromatic rings. The summed E-state index contributed by atoms with van der Waals surface area (Å²) in [6.07, 6.45) is 14.4. The van der Waals surface area contributed by atoms with Crippen LogP contribution in [0.2, 0.25) is 0 Å². The number of hydrogen-bond acceptors (Lipinski definition) is 5. The summed E-state index contributed by atoms with van der Waals surface area (Å²) < 4.78 is 6.98. The second kappa shape index (κ2) is 11.7. The highest BCUT2D eigenvalue weighted by Gasteiger charge is 2.75. The van der Waals surface area contributed by atoms with Crippen LogP contribution < -0.4 is 0 Å². The van der Waals surface area contributed by atoms with Gasteiger partial charge < -0.3 is 24.5 Å². The molecule has 5 atom stereocenters. The zero-order valence-corrected chi connectivity index (χ0v) is 22.9. The van der Waals surface area contributed by atoms with Crippen molar-refractivity contribution in [3.05, 3.63) is 24.3 Å². The van der Waals surface area contributed by atoms with Crippen LogP contribution >= 0.6 is 0 Å². The average molecular weight is 516 g/mol. The van der Waals surface area contributed by atoms with Gasteiger partial charge in [0, 0.05) is 39.3 Å². The van der Waals surface area contributed by atoms with E-state index in [0.29, 0.717) is 39.1 Å². The number of likely N-dealkylation sites (tertiary alicyclic amines) is 1. The smallest absolute Gasteiger partial charge is 0.249 e. The summed E-state index contributed by atoms with van der Waals surface area (Å²) in [4.78, 5) is 47.9. The lowest BCUT2D eigenvalue weighted by Crippen LogP contribution is -2.56. The van der Waals surface area contributed by atoms with Crippen molar-refractivity contribution in [1.29, 1.82) is 0 Å². The predicted octanol–water partition coefficient (Wildman–Crippen LogP) is 2.91. The first kappa shape index (κ1) is 27.8. The number of aliphatic hydroxyl groups is 1. The number of carbonyl (C=O) groups excluding carboxylic acids is 3. The van der Waals surface area contributed by atoms with Crippen molar-refractivity contribution >= 4 is 17.7 Å². The van der Waals surface area contributed by atoms with Crippen molar-refractivity contribution in [2.45, 2.75) is 89.4 Å². The van der Waals surface area contributed by atoms with Crippen LogP contribution in [0.1, 0.15) is 72.1 Å². The molecule has 0 saturated carbocycles. The molecule has 4 aliphatic rings. The van der Waals surface area contributed by atoms with Crippen LogP contribution in [0.25, 0.3) is 0 Å². The van der Waals surface area contributed by atoms with Gasteiger partial charge in [-0.25, -0.2) is 0 Å². The summed E-state index contributed by atoms with van der Waals surface area (Å²) in [6.45, 7) is 9.04. The Hall–Kier alpha value is -2.19. The molecule has 2 fully saturated rings. The highest BCUT2D eigenvalue weighted by molar-refractivity contribution is 6.00. The SMILES string of the molecule is CCCCN1CC=C[C@]23O[C@@]4(CC)C=CCN(CCC)C(=O)[C@H]4[C@H]2C(=O)N(CCCCCCO)C3C1=O. The van der Waals surface area contributed by atoms with Gasteiger partial charge in [0.2, 0.25) is 17.7 Å². The molecule has 0 aromatic heterocycles. The maximum Gasteiger partial charge on any atom is 0.249 e. The molecular formula is C29H45N3O5. The molecule has 3 amide bonds. The molecule has 8 nitrogen and oxygen atoms in total. The molecule has 4 aliphatic heterocycles. The van der Waals surface area contributed by atoms with E-state index in [0.717, 1.165) is 44.9 Å².